The summed E-state index contributed by atoms with van der Waals surface area (Å²) in [4.78, 5) is 37.3. The van der Waals surface area contributed by atoms with Crippen LogP contribution in [-0.2, 0) is 14.8 Å². The first-order valence-corrected chi connectivity index (χ1v) is 23.6. The second kappa shape index (κ2) is 16.5. The van der Waals surface area contributed by atoms with Crippen molar-refractivity contribution >= 4 is 44.0 Å². The molecule has 330 valence electrons. The van der Waals surface area contributed by atoms with Gasteiger partial charge in [-0.1, -0.05) is 24.3 Å². The van der Waals surface area contributed by atoms with Crippen LogP contribution in [0.1, 0.15) is 97.7 Å². The number of benzene rings is 3. The number of nitrogens with one attached hydrogen (secondary N) is 3. The van der Waals surface area contributed by atoms with Crippen LogP contribution in [0.3, 0.4) is 0 Å². The van der Waals surface area contributed by atoms with E-state index in [2.05, 4.69) is 54.1 Å². The molecule has 3 N–H and O–H groups in total. The first-order valence-electron chi connectivity index (χ1n) is 22.2. The molecular weight excluding hydrogens is 826 g/mol. The van der Waals surface area contributed by atoms with Gasteiger partial charge in [-0.25, -0.2) is 22.5 Å². The number of hydrogen-bond acceptors (Lipinski definition) is 11. The number of piperidine rings is 1. The average Bonchev–Trinajstić information content (AvgIpc) is 3.82. The molecule has 5 fully saturated rings. The van der Waals surface area contributed by atoms with Crippen LogP contribution in [0.4, 0.5) is 21.5 Å². The zero-order chi connectivity index (χ0) is 43.3. The quantitative estimate of drug-likeness (QED) is 0.0763. The summed E-state index contributed by atoms with van der Waals surface area (Å²) in [7, 11) is -4.62. The zero-order valence-electron chi connectivity index (χ0n) is 35.1. The molecular formula is C47H52FN7O7S. The van der Waals surface area contributed by atoms with Crippen LogP contribution in [0.25, 0.3) is 11.0 Å². The first kappa shape index (κ1) is 41.4. The molecule has 1 amide bonds. The van der Waals surface area contributed by atoms with E-state index in [1.165, 1.54) is 50.8 Å². The number of aromatic amines is 1. The lowest BCUT2D eigenvalue weighted by atomic mass is 9.59. The third kappa shape index (κ3) is 8.47. The van der Waals surface area contributed by atoms with E-state index >= 15 is 4.39 Å². The molecule has 10 rings (SSSR count). The fourth-order valence-corrected chi connectivity index (χ4v) is 11.4. The van der Waals surface area contributed by atoms with Crippen LogP contribution in [0, 0.1) is 15.5 Å². The highest BCUT2D eigenvalue weighted by Gasteiger charge is 2.50. The number of halogens is 1. The minimum Gasteiger partial charge on any atom is -0.455 e. The van der Waals surface area contributed by atoms with Gasteiger partial charge in [0.15, 0.2) is 0 Å². The Kier molecular flexibility index (Phi) is 10.9. The number of pyridine rings is 1. The molecule has 1 spiro atoms. The molecule has 1 atom stereocenters. The number of nitro benzene ring substituents is 1. The van der Waals surface area contributed by atoms with Crippen molar-refractivity contribution < 1.29 is 32.0 Å². The van der Waals surface area contributed by atoms with Gasteiger partial charge in [0.2, 0.25) is 0 Å². The summed E-state index contributed by atoms with van der Waals surface area (Å²) < 4.78 is 56.3. The van der Waals surface area contributed by atoms with Gasteiger partial charge in [-0.15, -0.1) is 0 Å². The molecule has 0 radical (unpaired) electrons. The molecule has 0 bridgehead atoms. The summed E-state index contributed by atoms with van der Waals surface area (Å²) in [5, 5.41) is 15.6. The largest absolute Gasteiger partial charge is 0.455 e. The summed E-state index contributed by atoms with van der Waals surface area (Å²) in [6.45, 7) is 3.10. The van der Waals surface area contributed by atoms with Crippen molar-refractivity contribution in [3.63, 3.8) is 0 Å². The van der Waals surface area contributed by atoms with E-state index in [4.69, 9.17) is 9.47 Å². The molecule has 5 aromatic rings. The van der Waals surface area contributed by atoms with E-state index in [0.29, 0.717) is 28.9 Å². The summed E-state index contributed by atoms with van der Waals surface area (Å²) >= 11 is 0. The van der Waals surface area contributed by atoms with E-state index in [0.717, 1.165) is 61.6 Å². The monoisotopic (exact) mass is 877 g/mol. The highest BCUT2D eigenvalue weighted by molar-refractivity contribution is 7.90. The number of likely N-dealkylation sites (tertiary alicyclic amines) is 1. The number of amides is 1. The standard InChI is InChI=1S/C47H52FN7O7S/c48-47(16-22-61-23-17-47)30-51-40-12-10-36(26-42(40)55(57)58)63(59,60)52-45(56)39-11-9-33(25-43(39)62-35-24-32-13-18-49-44(32)50-29-35)53-20-14-46(15-21-53)27-34(28-46)54-19-3-6-41(54)38-5-2-1-4-37(38)31-7-8-31/h1-2,4-5,9-13,18,24-26,29,31,34,41,51H,3,6-8,14-17,19-23,27-28,30H2,(H,49,50)(H,52,56)/t41-/m0/s1. The normalized spacial score (nSPS) is 21.3. The van der Waals surface area contributed by atoms with Gasteiger partial charge in [-0.2, -0.15) is 0 Å². The number of carbonyl (C=O) groups is 1. The smallest absolute Gasteiger partial charge is 0.293 e. The Balaban J connectivity index is 0.843. The Morgan fingerprint density at radius 1 is 0.968 bits per heavy atom. The highest BCUT2D eigenvalue weighted by Crippen LogP contribution is 2.55. The average molecular weight is 878 g/mol. The second-order valence-corrected chi connectivity index (χ2v) is 19.9. The molecule has 5 heterocycles. The van der Waals surface area contributed by atoms with Crippen LogP contribution >= 0.6 is 0 Å². The Bertz CT molecular complexity index is 2650. The Labute approximate surface area is 365 Å². The Morgan fingerprint density at radius 3 is 2.51 bits per heavy atom. The molecule has 2 aromatic heterocycles. The molecule has 63 heavy (non-hydrogen) atoms. The summed E-state index contributed by atoms with van der Waals surface area (Å²) in [5.74, 6) is 0.241. The van der Waals surface area contributed by atoms with Crippen molar-refractivity contribution in [3.05, 3.63) is 112 Å². The molecule has 5 aliphatic rings. The van der Waals surface area contributed by atoms with Gasteiger partial charge < -0.3 is 24.7 Å². The van der Waals surface area contributed by atoms with Gasteiger partial charge in [0, 0.05) is 87.2 Å². The van der Waals surface area contributed by atoms with Crippen molar-refractivity contribution in [2.75, 3.05) is 49.6 Å². The number of fused-ring (bicyclic) bond motifs is 1. The molecule has 2 aliphatic carbocycles. The highest BCUT2D eigenvalue weighted by atomic mass is 32.2. The molecule has 0 unspecified atom stereocenters. The van der Waals surface area contributed by atoms with Gasteiger partial charge in [0.1, 0.15) is 28.5 Å². The van der Waals surface area contributed by atoms with Crippen LogP contribution in [0.15, 0.2) is 90.1 Å². The van der Waals surface area contributed by atoms with Crippen LogP contribution in [0.2, 0.25) is 0 Å². The lowest BCUT2D eigenvalue weighted by Crippen LogP contribution is -2.54. The number of hydrogen-bond donors (Lipinski definition) is 3. The molecule has 3 aliphatic heterocycles. The van der Waals surface area contributed by atoms with E-state index < -0.39 is 37.1 Å². The molecule has 3 saturated heterocycles. The first-order chi connectivity index (χ1) is 30.4. The predicted molar refractivity (Wildman–Crippen MR) is 237 cm³/mol. The Hall–Kier alpha value is -5.58. The van der Waals surface area contributed by atoms with Gasteiger partial charge in [-0.3, -0.25) is 19.8 Å². The van der Waals surface area contributed by atoms with Crippen LogP contribution in [0.5, 0.6) is 11.5 Å². The van der Waals surface area contributed by atoms with Crippen molar-refractivity contribution in [2.24, 2.45) is 5.41 Å². The number of aromatic nitrogens is 2. The maximum atomic E-state index is 15.2. The molecule has 16 heteroatoms. The van der Waals surface area contributed by atoms with Crippen molar-refractivity contribution in [1.82, 2.24) is 19.6 Å². The second-order valence-electron chi connectivity index (χ2n) is 18.2. The number of ether oxygens (including phenoxy) is 2. The van der Waals surface area contributed by atoms with E-state index in [9.17, 15) is 23.3 Å². The topological polar surface area (TPSA) is 172 Å². The van der Waals surface area contributed by atoms with Gasteiger partial charge >= 0.3 is 0 Å². The van der Waals surface area contributed by atoms with Crippen LogP contribution in [-0.4, -0.2) is 85.2 Å². The predicted octanol–water partition coefficient (Wildman–Crippen LogP) is 8.78. The van der Waals surface area contributed by atoms with Gasteiger partial charge in [0.05, 0.1) is 21.6 Å². The lowest BCUT2D eigenvalue weighted by molar-refractivity contribution is -0.384. The fourth-order valence-electron chi connectivity index (χ4n) is 10.4. The maximum absolute atomic E-state index is 15.2. The SMILES string of the molecule is O=C(NS(=O)(=O)c1ccc(NCC2(F)CCOCC2)c([N+](=O)[O-])c1)c1ccc(N2CCC3(CC2)CC(N2CCC[C@H]2c2ccccc2C2CC2)C3)cc1Oc1cnc2[nH]ccc2c1. The molecule has 3 aromatic carbocycles. The van der Waals surface area contributed by atoms with Crippen molar-refractivity contribution in [1.29, 1.82) is 0 Å². The fraction of sp³-hybridized carbons (Fsp3) is 0.447. The Morgan fingerprint density at radius 2 is 1.75 bits per heavy atom. The number of carbonyl (C=O) groups excluding carboxylic acids is 1. The number of nitro groups is 1. The third-order valence-corrected chi connectivity index (χ3v) is 15.5. The van der Waals surface area contributed by atoms with Gasteiger partial charge in [0.25, 0.3) is 21.6 Å². The van der Waals surface area contributed by atoms with E-state index in [1.807, 2.05) is 6.07 Å². The molecule has 14 nitrogen and oxygen atoms in total. The number of anilines is 2. The minimum absolute atomic E-state index is 0.0423. The summed E-state index contributed by atoms with van der Waals surface area (Å²) in [6, 6.07) is 22.2. The third-order valence-electron chi connectivity index (χ3n) is 14.2. The van der Waals surface area contributed by atoms with Crippen molar-refractivity contribution in [3.8, 4) is 11.5 Å². The van der Waals surface area contributed by atoms with Crippen LogP contribution < -0.4 is 19.7 Å². The lowest BCUT2D eigenvalue weighted by Gasteiger charge is -2.56. The van der Waals surface area contributed by atoms with Crippen molar-refractivity contribution in [2.45, 2.75) is 92.8 Å². The van der Waals surface area contributed by atoms with E-state index in [1.54, 1.807) is 41.6 Å². The van der Waals surface area contributed by atoms with Gasteiger partial charge in [-0.05, 0) is 117 Å². The number of sulfonamides is 1. The number of alkyl halides is 1. The number of nitrogens with zero attached hydrogens (tertiary/aromatic N) is 4. The minimum atomic E-state index is -4.62. The maximum Gasteiger partial charge on any atom is 0.293 e. The zero-order valence-corrected chi connectivity index (χ0v) is 35.9. The number of rotatable bonds is 13. The molecule has 2 saturated carbocycles. The summed E-state index contributed by atoms with van der Waals surface area (Å²) in [5.41, 5.74) is 2.64. The number of H-pyrrole nitrogens is 1. The summed E-state index contributed by atoms with van der Waals surface area (Å²) in [6.07, 6.45) is 13.1. The van der Waals surface area contributed by atoms with E-state index in [-0.39, 0.29) is 49.6 Å².